The van der Waals surface area contributed by atoms with Gasteiger partial charge >= 0.3 is 12.9 Å². The lowest BCUT2D eigenvalue weighted by atomic mass is 9.56. The Morgan fingerprint density at radius 1 is 1.22 bits per heavy atom. The number of hydrogen-bond acceptors (Lipinski definition) is 5. The first-order chi connectivity index (χ1) is 11.1. The fraction of sp³-hybridized carbons (Fsp3) is 0. The van der Waals surface area contributed by atoms with Gasteiger partial charge in [-0.25, -0.2) is 9.78 Å². The molecule has 7 heteroatoms. The first kappa shape index (κ1) is 15.6. The minimum absolute atomic E-state index is 0.116. The molecule has 0 fully saturated rings. The van der Waals surface area contributed by atoms with E-state index in [1.54, 1.807) is 24.3 Å². The van der Waals surface area contributed by atoms with Gasteiger partial charge in [0.25, 0.3) is 0 Å². The van der Waals surface area contributed by atoms with E-state index in [1.165, 1.54) is 23.6 Å². The van der Waals surface area contributed by atoms with E-state index in [1.807, 2.05) is 22.9 Å². The van der Waals surface area contributed by atoms with E-state index in [9.17, 15) is 9.90 Å². The van der Waals surface area contributed by atoms with Gasteiger partial charge in [-0.05, 0) is 46.0 Å². The van der Waals surface area contributed by atoms with Gasteiger partial charge in [0.2, 0.25) is 0 Å². The largest absolute Gasteiger partial charge is 0.521 e. The molecule has 2 aromatic heterocycles. The molecule has 0 radical (unpaired) electrons. The Labute approximate surface area is 142 Å². The van der Waals surface area contributed by atoms with Crippen molar-refractivity contribution in [2.45, 2.75) is 0 Å². The summed E-state index contributed by atoms with van der Waals surface area (Å²) in [7, 11) is 0. The number of thiophene rings is 1. The Kier molecular flexibility index (Phi) is 4.64. The van der Waals surface area contributed by atoms with Crippen molar-refractivity contribution >= 4 is 46.7 Å². The number of aromatic nitrogens is 1. The summed E-state index contributed by atoms with van der Waals surface area (Å²) in [6.45, 7) is -0.617. The molecule has 0 aliphatic carbocycles. The highest BCUT2D eigenvalue weighted by atomic mass is 35.5. The molecule has 2 heterocycles. The third-order valence-corrected chi connectivity index (χ3v) is 4.14. The van der Waals surface area contributed by atoms with Gasteiger partial charge in [0.05, 0.1) is 0 Å². The molecule has 0 spiro atoms. The molecule has 23 heavy (non-hydrogen) atoms. The smallest absolute Gasteiger partial charge is 0.430 e. The average Bonchev–Trinajstić information content (AvgIpc) is 3.07. The highest BCUT2D eigenvalue weighted by molar-refractivity contribution is 7.09. The number of halogens is 1. The van der Waals surface area contributed by atoms with Crippen LogP contribution >= 0.6 is 22.9 Å². The zero-order valence-electron chi connectivity index (χ0n) is 11.8. The molecule has 1 aromatic carbocycles. The summed E-state index contributed by atoms with van der Waals surface area (Å²) >= 11 is 7.54. The number of rotatable bonds is 4. The van der Waals surface area contributed by atoms with Crippen molar-refractivity contribution in [3.05, 3.63) is 70.1 Å². The summed E-state index contributed by atoms with van der Waals surface area (Å²) < 4.78 is 5.59. The molecule has 3 rings (SSSR count). The molecule has 0 aliphatic heterocycles. The topological polar surface area (TPSA) is 59.4 Å². The van der Waals surface area contributed by atoms with Gasteiger partial charge in [-0.2, -0.15) is 11.3 Å². The predicted octanol–water partition coefficient (Wildman–Crippen LogP) is 2.46. The quantitative estimate of drug-likeness (QED) is 0.739. The van der Waals surface area contributed by atoms with E-state index in [0.717, 1.165) is 10.9 Å². The number of carbonyl (C=O) groups excluding carboxylic acids is 1. The summed E-state index contributed by atoms with van der Waals surface area (Å²) in [4.78, 5) is 16.2. The average molecular weight is 344 g/mol. The second-order valence-corrected chi connectivity index (χ2v) is 5.98. The Morgan fingerprint density at radius 2 is 2.09 bits per heavy atom. The van der Waals surface area contributed by atoms with E-state index in [2.05, 4.69) is 4.98 Å². The van der Waals surface area contributed by atoms with Crippen molar-refractivity contribution < 1.29 is 14.6 Å². The van der Waals surface area contributed by atoms with Crippen LogP contribution in [0.3, 0.4) is 0 Å². The van der Waals surface area contributed by atoms with Gasteiger partial charge in [-0.1, -0.05) is 29.8 Å². The SMILES string of the molecule is O=C(OB(c1ccsc1)c1cccc(Cl)c1)c1ncccc1O. The Morgan fingerprint density at radius 3 is 2.78 bits per heavy atom. The maximum atomic E-state index is 12.4. The van der Waals surface area contributed by atoms with Crippen LogP contribution < -0.4 is 10.9 Å². The molecule has 0 aliphatic rings. The third-order valence-electron chi connectivity index (χ3n) is 3.20. The molecule has 0 unspecified atom stereocenters. The van der Waals surface area contributed by atoms with Gasteiger partial charge in [0.1, 0.15) is 5.75 Å². The fourth-order valence-corrected chi connectivity index (χ4v) is 3.01. The van der Waals surface area contributed by atoms with Crippen molar-refractivity contribution in [1.82, 2.24) is 4.98 Å². The van der Waals surface area contributed by atoms with Crippen molar-refractivity contribution in [3.8, 4) is 5.75 Å². The molecule has 4 nitrogen and oxygen atoms in total. The van der Waals surface area contributed by atoms with Crippen LogP contribution in [0, 0.1) is 0 Å². The molecular weight excluding hydrogens is 333 g/mol. The van der Waals surface area contributed by atoms with Crippen LogP contribution in [-0.2, 0) is 4.65 Å². The zero-order valence-corrected chi connectivity index (χ0v) is 13.4. The minimum atomic E-state index is -0.695. The van der Waals surface area contributed by atoms with Crippen LogP contribution in [-0.4, -0.2) is 23.0 Å². The van der Waals surface area contributed by atoms with Crippen LogP contribution in [0.15, 0.2) is 59.4 Å². The lowest BCUT2D eigenvalue weighted by Crippen LogP contribution is -2.45. The lowest BCUT2D eigenvalue weighted by Gasteiger charge is -2.14. The lowest BCUT2D eigenvalue weighted by molar-refractivity contribution is 0.0729. The van der Waals surface area contributed by atoms with Crippen molar-refractivity contribution in [3.63, 3.8) is 0 Å². The van der Waals surface area contributed by atoms with E-state index >= 15 is 0 Å². The molecule has 1 N–H and O–H groups in total. The second-order valence-electron chi connectivity index (χ2n) is 4.77. The van der Waals surface area contributed by atoms with Crippen molar-refractivity contribution in [2.24, 2.45) is 0 Å². The number of carbonyl (C=O) groups is 1. The standard InChI is InChI=1S/C16H11BClNO3S/c18-13-4-1-3-11(9-13)17(12-6-8-23-10-12)22-16(21)15-14(20)5-2-7-19-15/h1-10,20H. The van der Waals surface area contributed by atoms with Crippen LogP contribution in [0.4, 0.5) is 0 Å². The number of hydrogen-bond donors (Lipinski definition) is 1. The highest BCUT2D eigenvalue weighted by Gasteiger charge is 2.28. The maximum Gasteiger partial charge on any atom is 0.430 e. The van der Waals surface area contributed by atoms with Gasteiger partial charge in [0, 0.05) is 11.2 Å². The Balaban J connectivity index is 1.94. The van der Waals surface area contributed by atoms with E-state index in [0.29, 0.717) is 5.02 Å². The second kappa shape index (κ2) is 6.85. The van der Waals surface area contributed by atoms with E-state index in [4.69, 9.17) is 16.3 Å². The molecule has 3 aromatic rings. The molecule has 0 bridgehead atoms. The molecule has 114 valence electrons. The first-order valence-corrected chi connectivity index (χ1v) is 8.10. The highest BCUT2D eigenvalue weighted by Crippen LogP contribution is 2.15. The van der Waals surface area contributed by atoms with Gasteiger partial charge in [-0.15, -0.1) is 0 Å². The summed E-state index contributed by atoms with van der Waals surface area (Å²) in [6.07, 6.45) is 1.43. The normalized spacial score (nSPS) is 10.3. The van der Waals surface area contributed by atoms with Crippen LogP contribution in [0.25, 0.3) is 0 Å². The Bertz CT molecular complexity index is 826. The molecule has 0 amide bonds. The number of benzene rings is 1. The van der Waals surface area contributed by atoms with Crippen LogP contribution in [0.5, 0.6) is 5.75 Å². The molecular formula is C16H11BClNO3S. The summed E-state index contributed by atoms with van der Waals surface area (Å²) in [5.74, 6) is -0.910. The number of pyridine rings is 1. The molecule has 0 saturated heterocycles. The zero-order chi connectivity index (χ0) is 16.2. The van der Waals surface area contributed by atoms with Crippen molar-refractivity contribution in [2.75, 3.05) is 0 Å². The Hall–Kier alpha value is -2.31. The van der Waals surface area contributed by atoms with E-state index < -0.39 is 12.9 Å². The van der Waals surface area contributed by atoms with Crippen LogP contribution in [0.2, 0.25) is 5.02 Å². The van der Waals surface area contributed by atoms with Gasteiger partial charge < -0.3 is 9.76 Å². The molecule has 0 atom stereocenters. The number of aromatic hydroxyl groups is 1. The summed E-state index contributed by atoms with van der Waals surface area (Å²) in [5, 5.41) is 14.1. The van der Waals surface area contributed by atoms with Crippen LogP contribution in [0.1, 0.15) is 10.5 Å². The monoisotopic (exact) mass is 343 g/mol. The first-order valence-electron chi connectivity index (χ1n) is 6.77. The maximum absolute atomic E-state index is 12.4. The number of nitrogens with zero attached hydrogens (tertiary/aromatic N) is 1. The molecule has 0 saturated carbocycles. The van der Waals surface area contributed by atoms with E-state index in [-0.39, 0.29) is 11.4 Å². The van der Waals surface area contributed by atoms with Gasteiger partial charge in [0.15, 0.2) is 5.69 Å². The summed E-state index contributed by atoms with van der Waals surface area (Å²) in [6, 6.07) is 11.9. The third kappa shape index (κ3) is 3.55. The fourth-order valence-electron chi connectivity index (χ4n) is 2.14. The van der Waals surface area contributed by atoms with Gasteiger partial charge in [-0.3, -0.25) is 0 Å². The van der Waals surface area contributed by atoms with Crippen molar-refractivity contribution in [1.29, 1.82) is 0 Å². The predicted molar refractivity (Wildman–Crippen MR) is 92.1 cm³/mol. The summed E-state index contributed by atoms with van der Waals surface area (Å²) in [5.41, 5.74) is 1.47. The minimum Gasteiger partial charge on any atom is -0.521 e.